The van der Waals surface area contributed by atoms with Gasteiger partial charge in [0.05, 0.1) is 38.8 Å². The van der Waals surface area contributed by atoms with Gasteiger partial charge in [0, 0.05) is 65.4 Å². The van der Waals surface area contributed by atoms with E-state index in [0.29, 0.717) is 85.0 Å². The number of nitrogens with two attached hydrogens (primary N) is 5. The number of carbonyl (C=O) groups is 12. The zero-order chi connectivity index (χ0) is 90.2. The first-order valence-electron chi connectivity index (χ1n) is 43.3. The van der Waals surface area contributed by atoms with Crippen molar-refractivity contribution in [2.45, 2.75) is 110 Å². The minimum absolute atomic E-state index is 0.0107. The molecule has 11 N–H and O–H groups in total. The van der Waals surface area contributed by atoms with Gasteiger partial charge in [-0.1, -0.05) is 243 Å². The average Bonchev–Trinajstić information content (AvgIpc) is 0.832. The van der Waals surface area contributed by atoms with Gasteiger partial charge in [0.1, 0.15) is 45.8 Å². The molecule has 8 rings (SSSR count). The van der Waals surface area contributed by atoms with Gasteiger partial charge < -0.3 is 87.9 Å². The molecule has 0 aliphatic carbocycles. The molecular formula is C97H125N17O12. The third kappa shape index (κ3) is 34.7. The first kappa shape index (κ1) is 98.6. The zero-order valence-electron chi connectivity index (χ0n) is 72.6. The van der Waals surface area contributed by atoms with Gasteiger partial charge in [-0.05, 0) is 136 Å². The molecule has 1 atom stereocenters. The van der Waals surface area contributed by atoms with Crippen LogP contribution in [0.25, 0.3) is 0 Å². The van der Waals surface area contributed by atoms with Gasteiger partial charge in [-0.3, -0.25) is 57.5 Å². The Balaban J connectivity index is 1.06. The van der Waals surface area contributed by atoms with Crippen molar-refractivity contribution >= 4 is 70.9 Å². The molecule has 0 bridgehead atoms. The predicted octanol–water partition coefficient (Wildman–Crippen LogP) is 6.29. The molecule has 0 saturated heterocycles. The van der Waals surface area contributed by atoms with Crippen LogP contribution in [-0.2, 0) is 103 Å². The van der Waals surface area contributed by atoms with Crippen LogP contribution in [0, 0.1) is 0 Å². The Bertz CT molecular complexity index is 4670. The van der Waals surface area contributed by atoms with E-state index in [1.165, 1.54) is 53.9 Å². The highest BCUT2D eigenvalue weighted by Crippen LogP contribution is 2.23. The topological polar surface area (TPSA) is 383 Å². The molecule has 0 unspecified atom stereocenters. The van der Waals surface area contributed by atoms with E-state index in [1.54, 1.807) is 171 Å². The minimum Gasteiger partial charge on any atom is -0.368 e. The maximum absolute atomic E-state index is 15.6. The number of rotatable bonds is 56. The van der Waals surface area contributed by atoms with Crippen molar-refractivity contribution in [3.63, 3.8) is 0 Å². The maximum Gasteiger partial charge on any atom is 0.243 e. The fraction of sp³-hybridized carbons (Fsp3) is 0.381. The number of unbranched alkanes of at least 4 members (excludes halogenated alkanes) is 4. The molecule has 0 saturated carbocycles. The Kier molecular flexibility index (Phi) is 42.9. The van der Waals surface area contributed by atoms with Crippen molar-refractivity contribution in [1.82, 2.24) is 59.2 Å². The first-order chi connectivity index (χ1) is 61.1. The highest BCUT2D eigenvalue weighted by atomic mass is 16.2. The summed E-state index contributed by atoms with van der Waals surface area (Å²) in [6.07, 6.45) is 3.98. The van der Waals surface area contributed by atoms with E-state index in [2.05, 4.69) is 5.32 Å². The molecule has 0 aliphatic heterocycles. The van der Waals surface area contributed by atoms with E-state index >= 15 is 38.4 Å². The zero-order valence-corrected chi connectivity index (χ0v) is 72.6. The molecule has 29 heteroatoms. The Morgan fingerprint density at radius 3 is 0.706 bits per heavy atom. The van der Waals surface area contributed by atoms with E-state index in [9.17, 15) is 19.2 Å². The Morgan fingerprint density at radius 1 is 0.246 bits per heavy atom. The van der Waals surface area contributed by atoms with Gasteiger partial charge in [0.25, 0.3) is 0 Å². The van der Waals surface area contributed by atoms with Crippen LogP contribution in [0.2, 0.25) is 0 Å². The number of hydrogen-bond acceptors (Lipinski definition) is 17. The van der Waals surface area contributed by atoms with E-state index in [-0.39, 0.29) is 104 Å². The SMILES string of the molecule is C[C@@H](c1ccccc1)N(CC(=O)N(CCCCN)CC(=O)N(CC(=O)N(CC(=O)N(CCCCN)CC(=O)N(CC(=O)N(CC(=O)N(CCCCN)CC(=O)N(CC(=O)N(CC(N)=O)Cc1ccccc1)Cc1ccccc1)Cc1ccccc1)Cc1ccccc1)Cc1ccccc1)Cc1ccccc1)C(=O)CN(Cc1ccccc1)C(=O)CNCCCCN. The minimum atomic E-state index is -0.757. The van der Waals surface area contributed by atoms with Crippen molar-refractivity contribution in [2.75, 3.05) is 131 Å². The van der Waals surface area contributed by atoms with Crippen molar-refractivity contribution in [2.24, 2.45) is 28.7 Å². The summed E-state index contributed by atoms with van der Waals surface area (Å²) in [4.78, 5) is 194. The Labute approximate surface area is 740 Å². The van der Waals surface area contributed by atoms with Crippen LogP contribution in [0.4, 0.5) is 0 Å². The standard InChI is InChI=1S/C97H125N17O12/c1-77(85-48-24-9-25-49-85)114(97(126)75-108(60-79-36-12-3-13-37-79)87(116)58-103-54-30-26-50-98)76-96(125)106(57-33-29-53-101)69-92(121)113(65-84-46-22-8-23-47-84)74-95(124)110(62-81-40-16-5-17-41-81)71-89(118)105(56-32-28-52-100)68-91(120)112(64-83-44-20-7-21-45-83)73-94(123)109(61-80-38-14-4-15-39-80)70-88(117)104(55-31-27-51-99)67-90(119)111(63-82-42-18-6-19-43-82)72-93(122)107(66-86(102)115)59-78-34-10-2-11-35-78/h2-25,34-49,77,103H,26-33,50-76,98-101H2,1H3,(H2,102,115)/t77-/m0/s1. The molecule has 0 heterocycles. The largest absolute Gasteiger partial charge is 0.368 e. The van der Waals surface area contributed by atoms with Gasteiger partial charge in [0.15, 0.2) is 0 Å². The number of nitrogens with one attached hydrogen (secondary N) is 1. The van der Waals surface area contributed by atoms with Crippen molar-refractivity contribution in [3.05, 3.63) is 287 Å². The molecule has 0 radical (unpaired) electrons. The van der Waals surface area contributed by atoms with Crippen LogP contribution in [0.3, 0.4) is 0 Å². The van der Waals surface area contributed by atoms with E-state index < -0.39 is 136 Å². The lowest BCUT2D eigenvalue weighted by Crippen LogP contribution is -2.52. The maximum atomic E-state index is 15.6. The number of hydrogen-bond donors (Lipinski definition) is 6. The number of benzene rings is 8. The number of primary amides is 1. The molecule has 0 fully saturated rings. The van der Waals surface area contributed by atoms with E-state index in [0.717, 1.165) is 24.0 Å². The molecule has 29 nitrogen and oxygen atoms in total. The summed E-state index contributed by atoms with van der Waals surface area (Å²) < 4.78 is 0. The number of nitrogens with zero attached hydrogens (tertiary/aromatic N) is 11. The number of carbonyl (C=O) groups excluding carboxylic acids is 12. The summed E-state index contributed by atoms with van der Waals surface area (Å²) in [5.74, 6) is -7.25. The summed E-state index contributed by atoms with van der Waals surface area (Å²) in [6.45, 7) is -2.55. The Hall–Kier alpha value is -12.8. The van der Waals surface area contributed by atoms with E-state index in [1.807, 2.05) is 78.9 Å². The average molecular weight is 1720 g/mol. The van der Waals surface area contributed by atoms with E-state index in [4.69, 9.17) is 28.7 Å². The second-order valence-electron chi connectivity index (χ2n) is 31.3. The normalized spacial score (nSPS) is 11.2. The summed E-state index contributed by atoms with van der Waals surface area (Å²) in [7, 11) is 0. The molecular weight excluding hydrogens is 1600 g/mol. The van der Waals surface area contributed by atoms with Crippen molar-refractivity contribution < 1.29 is 57.5 Å². The summed E-state index contributed by atoms with van der Waals surface area (Å²) in [5.41, 5.74) is 35.0. The fourth-order valence-corrected chi connectivity index (χ4v) is 14.3. The second-order valence-corrected chi connectivity index (χ2v) is 31.3. The lowest BCUT2D eigenvalue weighted by atomic mass is 10.1. The van der Waals surface area contributed by atoms with Crippen LogP contribution < -0.4 is 34.0 Å². The van der Waals surface area contributed by atoms with Crippen LogP contribution in [0.5, 0.6) is 0 Å². The summed E-state index contributed by atoms with van der Waals surface area (Å²) >= 11 is 0. The quantitative estimate of drug-likeness (QED) is 0.0228. The van der Waals surface area contributed by atoms with Gasteiger partial charge in [-0.15, -0.1) is 0 Å². The molecule has 0 spiro atoms. The fourth-order valence-electron chi connectivity index (χ4n) is 14.3. The first-order valence-corrected chi connectivity index (χ1v) is 43.3. The van der Waals surface area contributed by atoms with Crippen LogP contribution in [0.1, 0.15) is 109 Å². The number of amides is 12. The van der Waals surface area contributed by atoms with Crippen molar-refractivity contribution in [3.8, 4) is 0 Å². The monoisotopic (exact) mass is 1720 g/mol. The van der Waals surface area contributed by atoms with Crippen LogP contribution in [-0.4, -0.2) is 256 Å². The van der Waals surface area contributed by atoms with Crippen LogP contribution in [0.15, 0.2) is 243 Å². The summed E-state index contributed by atoms with van der Waals surface area (Å²) in [6, 6.07) is 71.5. The molecule has 12 amide bonds. The van der Waals surface area contributed by atoms with Gasteiger partial charge in [0.2, 0.25) is 70.9 Å². The smallest absolute Gasteiger partial charge is 0.243 e. The third-order valence-corrected chi connectivity index (χ3v) is 21.4. The Morgan fingerprint density at radius 2 is 0.452 bits per heavy atom. The molecule has 8 aromatic carbocycles. The molecule has 0 aromatic heterocycles. The predicted molar refractivity (Wildman–Crippen MR) is 485 cm³/mol. The molecule has 8 aromatic rings. The molecule has 0 aliphatic rings. The molecule has 670 valence electrons. The second kappa shape index (κ2) is 54.7. The highest BCUT2D eigenvalue weighted by molar-refractivity contribution is 5.95. The third-order valence-electron chi connectivity index (χ3n) is 21.4. The van der Waals surface area contributed by atoms with Crippen LogP contribution >= 0.6 is 0 Å². The summed E-state index contributed by atoms with van der Waals surface area (Å²) in [5, 5.41) is 3.18. The lowest BCUT2D eigenvalue weighted by Gasteiger charge is -2.34. The van der Waals surface area contributed by atoms with Crippen molar-refractivity contribution in [1.29, 1.82) is 0 Å². The lowest BCUT2D eigenvalue weighted by molar-refractivity contribution is -0.150. The van der Waals surface area contributed by atoms with Gasteiger partial charge >= 0.3 is 0 Å². The highest BCUT2D eigenvalue weighted by Gasteiger charge is 2.35. The van der Waals surface area contributed by atoms with Gasteiger partial charge in [-0.25, -0.2) is 0 Å². The molecule has 126 heavy (non-hydrogen) atoms. The van der Waals surface area contributed by atoms with Gasteiger partial charge in [-0.2, -0.15) is 0 Å².